The third-order valence-electron chi connectivity index (χ3n) is 5.95. The van der Waals surface area contributed by atoms with Gasteiger partial charge >= 0.3 is 0 Å². The van der Waals surface area contributed by atoms with Gasteiger partial charge in [0.25, 0.3) is 0 Å². The van der Waals surface area contributed by atoms with Crippen molar-refractivity contribution in [2.45, 2.75) is 13.8 Å². The number of para-hydroxylation sites is 1. The third-order valence-corrected chi connectivity index (χ3v) is 5.95. The standard InChI is InChI=1S/C25H29N7O/c1-3-30-14-16-31(17-15-30)25-28-23(27-19-10-12-21(13-11-19)33-4-2)22-18-26-32(24(22)29-25)20-8-6-5-7-9-20/h5-13,18H,3-4,14-17H2,1-2H3,(H,27,28,29). The maximum atomic E-state index is 5.57. The first kappa shape index (κ1) is 21.2. The van der Waals surface area contributed by atoms with Crippen LogP contribution in [0.15, 0.2) is 60.8 Å². The molecule has 5 rings (SSSR count). The van der Waals surface area contributed by atoms with Crippen molar-refractivity contribution in [2.24, 2.45) is 0 Å². The smallest absolute Gasteiger partial charge is 0.229 e. The molecule has 0 atom stereocenters. The fraction of sp³-hybridized carbons (Fsp3) is 0.320. The molecule has 3 heterocycles. The van der Waals surface area contributed by atoms with Gasteiger partial charge in [-0.15, -0.1) is 0 Å². The van der Waals surface area contributed by atoms with E-state index in [0.717, 1.165) is 72.6 Å². The quantitative estimate of drug-likeness (QED) is 0.461. The van der Waals surface area contributed by atoms with E-state index in [9.17, 15) is 0 Å². The lowest BCUT2D eigenvalue weighted by Crippen LogP contribution is -2.46. The van der Waals surface area contributed by atoms with Crippen LogP contribution in [0.3, 0.4) is 0 Å². The average Bonchev–Trinajstić information content (AvgIpc) is 3.30. The molecule has 1 N–H and O–H groups in total. The van der Waals surface area contributed by atoms with Crippen molar-refractivity contribution in [3.8, 4) is 11.4 Å². The Hall–Kier alpha value is -3.65. The van der Waals surface area contributed by atoms with E-state index in [1.165, 1.54) is 0 Å². The summed E-state index contributed by atoms with van der Waals surface area (Å²) >= 11 is 0. The van der Waals surface area contributed by atoms with Crippen LogP contribution in [0.4, 0.5) is 17.5 Å². The molecule has 1 saturated heterocycles. The molecule has 170 valence electrons. The number of benzene rings is 2. The first-order valence-electron chi connectivity index (χ1n) is 11.5. The molecule has 2 aromatic heterocycles. The van der Waals surface area contributed by atoms with Gasteiger partial charge in [0.1, 0.15) is 11.6 Å². The van der Waals surface area contributed by atoms with Gasteiger partial charge in [0.05, 0.1) is 23.9 Å². The molecule has 0 saturated carbocycles. The summed E-state index contributed by atoms with van der Waals surface area (Å²) in [5.74, 6) is 2.32. The van der Waals surface area contributed by atoms with Crippen LogP contribution in [-0.4, -0.2) is 64.0 Å². The molecule has 0 spiro atoms. The molecule has 1 aliphatic heterocycles. The van der Waals surface area contributed by atoms with E-state index >= 15 is 0 Å². The Morgan fingerprint density at radius 3 is 2.36 bits per heavy atom. The minimum Gasteiger partial charge on any atom is -0.494 e. The number of likely N-dealkylation sites (N-methyl/N-ethyl adjacent to an activating group) is 1. The van der Waals surface area contributed by atoms with Gasteiger partial charge in [0, 0.05) is 31.9 Å². The topological polar surface area (TPSA) is 71.3 Å². The van der Waals surface area contributed by atoms with Crippen LogP contribution in [0.5, 0.6) is 5.75 Å². The zero-order valence-corrected chi connectivity index (χ0v) is 19.1. The van der Waals surface area contributed by atoms with Crippen LogP contribution < -0.4 is 15.0 Å². The summed E-state index contributed by atoms with van der Waals surface area (Å²) in [4.78, 5) is 14.6. The maximum absolute atomic E-state index is 5.57. The van der Waals surface area contributed by atoms with E-state index in [4.69, 9.17) is 14.7 Å². The van der Waals surface area contributed by atoms with Crippen molar-refractivity contribution in [3.05, 3.63) is 60.8 Å². The highest BCUT2D eigenvalue weighted by molar-refractivity contribution is 5.90. The van der Waals surface area contributed by atoms with Crippen LogP contribution in [0.1, 0.15) is 13.8 Å². The lowest BCUT2D eigenvalue weighted by molar-refractivity contribution is 0.270. The van der Waals surface area contributed by atoms with E-state index in [0.29, 0.717) is 6.61 Å². The van der Waals surface area contributed by atoms with Gasteiger partial charge in [0.2, 0.25) is 5.95 Å². The summed E-state index contributed by atoms with van der Waals surface area (Å²) in [6, 6.07) is 18.0. The zero-order chi connectivity index (χ0) is 22.6. The summed E-state index contributed by atoms with van der Waals surface area (Å²) in [7, 11) is 0. The fourth-order valence-corrected chi connectivity index (χ4v) is 4.09. The molecule has 8 nitrogen and oxygen atoms in total. The fourth-order valence-electron chi connectivity index (χ4n) is 4.09. The van der Waals surface area contributed by atoms with Crippen LogP contribution in [-0.2, 0) is 0 Å². The number of rotatable bonds is 7. The number of nitrogens with one attached hydrogen (secondary N) is 1. The lowest BCUT2D eigenvalue weighted by Gasteiger charge is -2.34. The third kappa shape index (κ3) is 4.47. The van der Waals surface area contributed by atoms with Crippen LogP contribution >= 0.6 is 0 Å². The molecule has 1 aliphatic rings. The number of hydrogen-bond donors (Lipinski definition) is 1. The Kier molecular flexibility index (Phi) is 6.08. The monoisotopic (exact) mass is 443 g/mol. The van der Waals surface area contributed by atoms with Crippen LogP contribution in [0.2, 0.25) is 0 Å². The molecule has 8 heteroatoms. The van der Waals surface area contributed by atoms with Gasteiger partial charge in [-0.25, -0.2) is 4.68 Å². The Balaban J connectivity index is 1.54. The molecule has 2 aromatic carbocycles. The number of piperazine rings is 1. The molecule has 0 unspecified atom stereocenters. The van der Waals surface area contributed by atoms with E-state index in [2.05, 4.69) is 27.1 Å². The van der Waals surface area contributed by atoms with Crippen molar-refractivity contribution < 1.29 is 4.74 Å². The van der Waals surface area contributed by atoms with Gasteiger partial charge < -0.3 is 19.9 Å². The van der Waals surface area contributed by atoms with Gasteiger partial charge in [-0.05, 0) is 49.9 Å². The number of anilines is 3. The molecular formula is C25H29N7O. The largest absolute Gasteiger partial charge is 0.494 e. The average molecular weight is 444 g/mol. The minimum absolute atomic E-state index is 0.645. The van der Waals surface area contributed by atoms with E-state index in [-0.39, 0.29) is 0 Å². The molecule has 0 bridgehead atoms. The Morgan fingerprint density at radius 2 is 1.67 bits per heavy atom. The van der Waals surface area contributed by atoms with Crippen molar-refractivity contribution in [1.29, 1.82) is 0 Å². The second-order valence-electron chi connectivity index (χ2n) is 8.01. The highest BCUT2D eigenvalue weighted by atomic mass is 16.5. The van der Waals surface area contributed by atoms with Crippen LogP contribution in [0, 0.1) is 0 Å². The molecule has 1 fully saturated rings. The van der Waals surface area contributed by atoms with Crippen molar-refractivity contribution in [3.63, 3.8) is 0 Å². The summed E-state index contributed by atoms with van der Waals surface area (Å²) in [5, 5.41) is 9.01. The van der Waals surface area contributed by atoms with Crippen LogP contribution in [0.25, 0.3) is 16.7 Å². The Morgan fingerprint density at radius 1 is 0.909 bits per heavy atom. The predicted molar refractivity (Wildman–Crippen MR) is 132 cm³/mol. The predicted octanol–water partition coefficient (Wildman–Crippen LogP) is 4.10. The SMILES string of the molecule is CCOc1ccc(Nc2nc(N3CCN(CC)CC3)nc3c2cnn3-c2ccccc2)cc1. The van der Waals surface area contributed by atoms with E-state index < -0.39 is 0 Å². The van der Waals surface area contributed by atoms with Crippen molar-refractivity contribution in [1.82, 2.24) is 24.6 Å². The van der Waals surface area contributed by atoms with E-state index in [1.807, 2.05) is 72.4 Å². The highest BCUT2D eigenvalue weighted by Gasteiger charge is 2.21. The van der Waals surface area contributed by atoms with Gasteiger partial charge in [0.15, 0.2) is 5.65 Å². The Bertz CT molecular complexity index is 1200. The number of aromatic nitrogens is 4. The minimum atomic E-state index is 0.645. The van der Waals surface area contributed by atoms with E-state index in [1.54, 1.807) is 0 Å². The first-order valence-corrected chi connectivity index (χ1v) is 11.5. The second kappa shape index (κ2) is 9.46. The molecule has 0 aliphatic carbocycles. The highest BCUT2D eigenvalue weighted by Crippen LogP contribution is 2.29. The number of hydrogen-bond acceptors (Lipinski definition) is 7. The molecule has 0 radical (unpaired) electrons. The number of fused-ring (bicyclic) bond motifs is 1. The number of ether oxygens (including phenoxy) is 1. The Labute approximate surface area is 193 Å². The number of nitrogens with zero attached hydrogens (tertiary/aromatic N) is 6. The summed E-state index contributed by atoms with van der Waals surface area (Å²) in [6.45, 7) is 9.73. The second-order valence-corrected chi connectivity index (χ2v) is 8.01. The normalized spacial score (nSPS) is 14.5. The molecule has 4 aromatic rings. The molecule has 33 heavy (non-hydrogen) atoms. The van der Waals surface area contributed by atoms with Crippen molar-refractivity contribution in [2.75, 3.05) is 49.5 Å². The van der Waals surface area contributed by atoms with Gasteiger partial charge in [-0.1, -0.05) is 25.1 Å². The summed E-state index contributed by atoms with van der Waals surface area (Å²) < 4.78 is 7.45. The van der Waals surface area contributed by atoms with Gasteiger partial charge in [-0.3, -0.25) is 0 Å². The van der Waals surface area contributed by atoms with Crippen molar-refractivity contribution >= 4 is 28.5 Å². The summed E-state index contributed by atoms with van der Waals surface area (Å²) in [5.41, 5.74) is 2.70. The zero-order valence-electron chi connectivity index (χ0n) is 19.1. The molecule has 0 amide bonds. The maximum Gasteiger partial charge on any atom is 0.229 e. The molecular weight excluding hydrogens is 414 g/mol. The summed E-state index contributed by atoms with van der Waals surface area (Å²) in [6.07, 6.45) is 1.83. The van der Waals surface area contributed by atoms with Gasteiger partial charge in [-0.2, -0.15) is 15.1 Å². The first-order chi connectivity index (χ1) is 16.2. The lowest BCUT2D eigenvalue weighted by atomic mass is 10.3.